The first kappa shape index (κ1) is 16.9. The summed E-state index contributed by atoms with van der Waals surface area (Å²) < 4.78 is 1.92. The van der Waals surface area contributed by atoms with Gasteiger partial charge in [-0.15, -0.1) is 0 Å². The van der Waals surface area contributed by atoms with Gasteiger partial charge >= 0.3 is 0 Å². The van der Waals surface area contributed by atoms with Gasteiger partial charge in [-0.1, -0.05) is 22.0 Å². The van der Waals surface area contributed by atoms with Gasteiger partial charge in [0.25, 0.3) is 5.91 Å². The van der Waals surface area contributed by atoms with E-state index in [1.807, 2.05) is 24.3 Å². The lowest BCUT2D eigenvalue weighted by Crippen LogP contribution is -2.43. The summed E-state index contributed by atoms with van der Waals surface area (Å²) in [6, 6.07) is 12.9. The van der Waals surface area contributed by atoms with Gasteiger partial charge in [0.15, 0.2) is 11.9 Å². The van der Waals surface area contributed by atoms with Crippen molar-refractivity contribution in [3.05, 3.63) is 69.6 Å². The first-order valence-corrected chi connectivity index (χ1v) is 8.87. The SMILES string of the molecule is O=C(NCN1CCC(c2cccc[n+]2[O-])CC1)c1ccc(Br)cc1. The summed E-state index contributed by atoms with van der Waals surface area (Å²) in [5.74, 6) is 0.229. The molecule has 1 saturated heterocycles. The molecule has 3 rings (SSSR count). The van der Waals surface area contributed by atoms with Gasteiger partial charge in [0.2, 0.25) is 0 Å². The molecule has 2 aromatic rings. The second-order valence-electron chi connectivity index (χ2n) is 6.01. The summed E-state index contributed by atoms with van der Waals surface area (Å²) in [6.45, 7) is 2.29. The van der Waals surface area contributed by atoms with Gasteiger partial charge in [0.05, 0.1) is 6.67 Å². The molecule has 0 unspecified atom stereocenters. The minimum Gasteiger partial charge on any atom is -0.618 e. The highest BCUT2D eigenvalue weighted by atomic mass is 79.9. The van der Waals surface area contributed by atoms with Crippen molar-refractivity contribution in [1.82, 2.24) is 10.2 Å². The molecule has 1 aromatic heterocycles. The van der Waals surface area contributed by atoms with Crippen molar-refractivity contribution < 1.29 is 9.52 Å². The molecule has 0 radical (unpaired) electrons. The number of aromatic nitrogens is 1. The Kier molecular flexibility index (Phi) is 5.48. The number of pyridine rings is 1. The van der Waals surface area contributed by atoms with E-state index in [2.05, 4.69) is 26.1 Å². The number of piperidine rings is 1. The zero-order chi connectivity index (χ0) is 16.9. The molecule has 0 saturated carbocycles. The Labute approximate surface area is 150 Å². The van der Waals surface area contributed by atoms with E-state index >= 15 is 0 Å². The fourth-order valence-corrected chi connectivity index (χ4v) is 3.30. The molecule has 0 aliphatic carbocycles. The molecule has 0 spiro atoms. The maximum atomic E-state index is 12.1. The van der Waals surface area contributed by atoms with Crippen LogP contribution in [0.5, 0.6) is 0 Å². The Morgan fingerprint density at radius 2 is 1.92 bits per heavy atom. The Balaban J connectivity index is 1.48. The summed E-state index contributed by atoms with van der Waals surface area (Å²) in [6.07, 6.45) is 3.42. The smallest absolute Gasteiger partial charge is 0.252 e. The molecule has 0 atom stereocenters. The van der Waals surface area contributed by atoms with Crippen LogP contribution in [0.3, 0.4) is 0 Å². The van der Waals surface area contributed by atoms with E-state index in [4.69, 9.17) is 0 Å². The van der Waals surface area contributed by atoms with E-state index in [1.54, 1.807) is 24.4 Å². The molecule has 0 bridgehead atoms. The van der Waals surface area contributed by atoms with Crippen LogP contribution in [0.15, 0.2) is 53.1 Å². The number of rotatable bonds is 4. The monoisotopic (exact) mass is 389 g/mol. The summed E-state index contributed by atoms with van der Waals surface area (Å²) in [4.78, 5) is 14.3. The molecule has 5 nitrogen and oxygen atoms in total. The largest absolute Gasteiger partial charge is 0.618 e. The molecular formula is C18H20BrN3O2. The van der Waals surface area contributed by atoms with Crippen molar-refractivity contribution in [3.8, 4) is 0 Å². The Hall–Kier alpha value is -1.92. The number of nitrogens with one attached hydrogen (secondary N) is 1. The maximum Gasteiger partial charge on any atom is 0.252 e. The summed E-state index contributed by atoms with van der Waals surface area (Å²) >= 11 is 3.36. The summed E-state index contributed by atoms with van der Waals surface area (Å²) in [5, 5.41) is 14.8. The fraction of sp³-hybridized carbons (Fsp3) is 0.333. The van der Waals surface area contributed by atoms with Crippen LogP contribution in [0.25, 0.3) is 0 Å². The van der Waals surface area contributed by atoms with E-state index < -0.39 is 0 Å². The average Bonchev–Trinajstić information content (AvgIpc) is 2.61. The number of amides is 1. The van der Waals surface area contributed by atoms with Gasteiger partial charge in [-0.05, 0) is 37.1 Å². The second kappa shape index (κ2) is 7.77. The second-order valence-corrected chi connectivity index (χ2v) is 6.93. The van der Waals surface area contributed by atoms with E-state index in [1.165, 1.54) is 0 Å². The van der Waals surface area contributed by atoms with Crippen molar-refractivity contribution in [2.45, 2.75) is 18.8 Å². The third-order valence-corrected chi connectivity index (χ3v) is 4.96. The third kappa shape index (κ3) is 4.13. The first-order valence-electron chi connectivity index (χ1n) is 8.07. The average molecular weight is 390 g/mol. The Bertz CT molecular complexity index is 698. The minimum atomic E-state index is -0.0647. The Morgan fingerprint density at radius 3 is 2.58 bits per heavy atom. The van der Waals surface area contributed by atoms with Crippen LogP contribution in [0.1, 0.15) is 34.8 Å². The molecule has 1 fully saturated rings. The highest BCUT2D eigenvalue weighted by Crippen LogP contribution is 2.25. The predicted molar refractivity (Wildman–Crippen MR) is 95.4 cm³/mol. The zero-order valence-corrected chi connectivity index (χ0v) is 14.9. The Morgan fingerprint density at radius 1 is 1.21 bits per heavy atom. The standard InChI is InChI=1S/C18H20BrN3O2/c19-16-6-4-15(5-7-16)18(23)20-13-21-11-8-14(9-12-21)17-3-1-2-10-22(17)24/h1-7,10,14H,8-9,11-13H2,(H,20,23). The number of carbonyl (C=O) groups is 1. The highest BCUT2D eigenvalue weighted by Gasteiger charge is 2.25. The molecule has 6 heteroatoms. The van der Waals surface area contributed by atoms with Crippen LogP contribution >= 0.6 is 15.9 Å². The van der Waals surface area contributed by atoms with Crippen molar-refractivity contribution in [2.75, 3.05) is 19.8 Å². The van der Waals surface area contributed by atoms with Gasteiger partial charge in [0, 0.05) is 41.2 Å². The van der Waals surface area contributed by atoms with Crippen LogP contribution in [-0.2, 0) is 0 Å². The number of nitrogens with zero attached hydrogens (tertiary/aromatic N) is 2. The van der Waals surface area contributed by atoms with Crippen molar-refractivity contribution in [1.29, 1.82) is 0 Å². The first-order chi connectivity index (χ1) is 11.6. The summed E-state index contributed by atoms with van der Waals surface area (Å²) in [7, 11) is 0. The third-order valence-electron chi connectivity index (χ3n) is 4.43. The lowest BCUT2D eigenvalue weighted by atomic mass is 9.93. The van der Waals surface area contributed by atoms with Gasteiger partial charge < -0.3 is 10.5 Å². The van der Waals surface area contributed by atoms with Gasteiger partial charge in [0.1, 0.15) is 0 Å². The maximum absolute atomic E-state index is 12.1. The zero-order valence-electron chi connectivity index (χ0n) is 13.3. The molecule has 126 valence electrons. The van der Waals surface area contributed by atoms with Crippen molar-refractivity contribution in [2.24, 2.45) is 0 Å². The highest BCUT2D eigenvalue weighted by molar-refractivity contribution is 9.10. The van der Waals surface area contributed by atoms with Crippen molar-refractivity contribution in [3.63, 3.8) is 0 Å². The van der Waals surface area contributed by atoms with E-state index in [0.29, 0.717) is 18.2 Å². The van der Waals surface area contributed by atoms with Crippen LogP contribution in [0.2, 0.25) is 0 Å². The molecule has 1 N–H and O–H groups in total. The van der Waals surface area contributed by atoms with Crippen molar-refractivity contribution >= 4 is 21.8 Å². The van der Waals surface area contributed by atoms with Gasteiger partial charge in [-0.3, -0.25) is 9.69 Å². The predicted octanol–water partition coefficient (Wildman–Crippen LogP) is 2.65. The fourth-order valence-electron chi connectivity index (χ4n) is 3.03. The summed E-state index contributed by atoms with van der Waals surface area (Å²) in [5.41, 5.74) is 1.50. The number of hydrogen-bond acceptors (Lipinski definition) is 3. The number of hydrogen-bond donors (Lipinski definition) is 1. The van der Waals surface area contributed by atoms with E-state index in [9.17, 15) is 10.0 Å². The number of benzene rings is 1. The van der Waals surface area contributed by atoms with Gasteiger partial charge in [-0.25, -0.2) is 0 Å². The number of halogens is 1. The normalized spacial score (nSPS) is 16.0. The van der Waals surface area contributed by atoms with Crippen LogP contribution in [0, 0.1) is 5.21 Å². The molecule has 1 amide bonds. The molecule has 1 aromatic carbocycles. The molecule has 2 heterocycles. The van der Waals surface area contributed by atoms with Crippen LogP contribution in [-0.4, -0.2) is 30.6 Å². The lowest BCUT2D eigenvalue weighted by molar-refractivity contribution is -0.616. The number of carbonyl (C=O) groups excluding carboxylic acids is 1. The topological polar surface area (TPSA) is 59.3 Å². The van der Waals surface area contributed by atoms with Gasteiger partial charge in [-0.2, -0.15) is 4.73 Å². The molecular weight excluding hydrogens is 370 g/mol. The molecule has 24 heavy (non-hydrogen) atoms. The van der Waals surface area contributed by atoms with Crippen LogP contribution < -0.4 is 10.0 Å². The quantitative estimate of drug-likeness (QED) is 0.645. The lowest BCUT2D eigenvalue weighted by Gasteiger charge is -2.30. The minimum absolute atomic E-state index is 0.0647. The van der Waals surface area contributed by atoms with Crippen LogP contribution in [0.4, 0.5) is 0 Å². The molecule has 1 aliphatic heterocycles. The van der Waals surface area contributed by atoms with E-state index in [-0.39, 0.29) is 5.91 Å². The molecule has 1 aliphatic rings. The number of likely N-dealkylation sites (tertiary alicyclic amines) is 1. The van der Waals surface area contributed by atoms with E-state index in [0.717, 1.165) is 40.8 Å².